The Morgan fingerprint density at radius 3 is 2.85 bits per heavy atom. The third kappa shape index (κ3) is 5.10. The number of furan rings is 1. The third-order valence-electron chi connectivity index (χ3n) is 5.08. The molecule has 0 saturated heterocycles. The van der Waals surface area contributed by atoms with Crippen molar-refractivity contribution in [2.75, 3.05) is 25.4 Å². The first-order chi connectivity index (χ1) is 13.2. The topological polar surface area (TPSA) is 89.1 Å². The Kier molecular flexibility index (Phi) is 7.28. The highest BCUT2D eigenvalue weighted by Gasteiger charge is 2.23. The van der Waals surface area contributed by atoms with Crippen LogP contribution in [0.15, 0.2) is 28.0 Å². The molecule has 0 spiro atoms. The molecule has 3 rings (SSSR count). The van der Waals surface area contributed by atoms with E-state index in [4.69, 9.17) is 4.42 Å². The van der Waals surface area contributed by atoms with Crippen molar-refractivity contribution in [2.24, 2.45) is 0 Å². The second-order valence-electron chi connectivity index (χ2n) is 6.69. The lowest BCUT2D eigenvalue weighted by atomic mass is 10.2. The van der Waals surface area contributed by atoms with E-state index >= 15 is 0 Å². The van der Waals surface area contributed by atoms with Gasteiger partial charge >= 0.3 is 0 Å². The molecule has 1 aliphatic carbocycles. The highest BCUT2D eigenvalue weighted by molar-refractivity contribution is 7.99. The third-order valence-corrected chi connectivity index (χ3v) is 6.02. The molecule has 0 aromatic carbocycles. The summed E-state index contributed by atoms with van der Waals surface area (Å²) in [5.41, 5.74) is 0. The van der Waals surface area contributed by atoms with Crippen molar-refractivity contribution >= 4 is 17.7 Å². The lowest BCUT2D eigenvalue weighted by Crippen LogP contribution is -2.38. The number of hydrogen-bond donors (Lipinski definition) is 1. The lowest BCUT2D eigenvalue weighted by Gasteiger charge is -2.28. The Morgan fingerprint density at radius 1 is 1.41 bits per heavy atom. The van der Waals surface area contributed by atoms with Crippen molar-refractivity contribution in [2.45, 2.75) is 56.8 Å². The van der Waals surface area contributed by atoms with Gasteiger partial charge in [-0.1, -0.05) is 38.5 Å². The van der Waals surface area contributed by atoms with Crippen LogP contribution in [-0.2, 0) is 4.79 Å². The molecule has 9 heteroatoms. The summed E-state index contributed by atoms with van der Waals surface area (Å²) in [4.78, 5) is 14.7. The zero-order chi connectivity index (χ0) is 19.1. The standard InChI is InChI=1S/C18H28N6O2S/c1-3-23(4-2)15(16-10-7-11-26-16)12-19-17(25)13-27-18-20-21-22-24(18)14-8-5-6-9-14/h7,10-11,14-15H,3-6,8-9,12-13H2,1-2H3,(H,19,25). The zero-order valence-corrected chi connectivity index (χ0v) is 16.8. The van der Waals surface area contributed by atoms with Crippen LogP contribution < -0.4 is 5.32 Å². The van der Waals surface area contributed by atoms with E-state index < -0.39 is 0 Å². The Balaban J connectivity index is 1.52. The average Bonchev–Trinajstić information content (AvgIpc) is 3.44. The molecule has 1 saturated carbocycles. The molecule has 2 heterocycles. The Labute approximate surface area is 164 Å². The molecule has 0 bridgehead atoms. The summed E-state index contributed by atoms with van der Waals surface area (Å²) in [6.07, 6.45) is 6.33. The van der Waals surface area contributed by atoms with E-state index in [9.17, 15) is 4.79 Å². The molecule has 1 unspecified atom stereocenters. The molecule has 2 aromatic heterocycles. The average molecular weight is 393 g/mol. The van der Waals surface area contributed by atoms with Gasteiger partial charge in [0.1, 0.15) is 5.76 Å². The van der Waals surface area contributed by atoms with Crippen molar-refractivity contribution in [3.8, 4) is 0 Å². The quantitative estimate of drug-likeness (QED) is 0.622. The maximum absolute atomic E-state index is 12.4. The molecule has 1 atom stereocenters. The van der Waals surface area contributed by atoms with Crippen LogP contribution in [0.5, 0.6) is 0 Å². The molecular weight excluding hydrogens is 364 g/mol. The summed E-state index contributed by atoms with van der Waals surface area (Å²) in [6.45, 7) is 6.52. The largest absolute Gasteiger partial charge is 0.468 e. The normalized spacial score (nSPS) is 16.1. The number of carbonyl (C=O) groups is 1. The number of amides is 1. The van der Waals surface area contributed by atoms with E-state index in [0.717, 1.165) is 36.8 Å². The predicted octanol–water partition coefficient (Wildman–Crippen LogP) is 2.67. The number of likely N-dealkylation sites (N-methyl/N-ethyl adjacent to an activating group) is 1. The van der Waals surface area contributed by atoms with E-state index in [1.165, 1.54) is 24.6 Å². The first-order valence-electron chi connectivity index (χ1n) is 9.67. The summed E-state index contributed by atoms with van der Waals surface area (Å²) >= 11 is 1.40. The second kappa shape index (κ2) is 9.89. The van der Waals surface area contributed by atoms with E-state index in [1.54, 1.807) is 6.26 Å². The molecule has 0 radical (unpaired) electrons. The van der Waals surface area contributed by atoms with Gasteiger partial charge in [-0.2, -0.15) is 0 Å². The van der Waals surface area contributed by atoms with Crippen LogP contribution in [0.1, 0.15) is 57.4 Å². The van der Waals surface area contributed by atoms with Gasteiger partial charge in [0.2, 0.25) is 11.1 Å². The summed E-state index contributed by atoms with van der Waals surface area (Å²) < 4.78 is 7.46. The van der Waals surface area contributed by atoms with Crippen LogP contribution >= 0.6 is 11.8 Å². The number of aromatic nitrogens is 4. The number of nitrogens with one attached hydrogen (secondary N) is 1. The Bertz CT molecular complexity index is 695. The number of hydrogen-bond acceptors (Lipinski definition) is 7. The Morgan fingerprint density at radius 2 is 2.19 bits per heavy atom. The van der Waals surface area contributed by atoms with E-state index in [-0.39, 0.29) is 11.9 Å². The molecule has 1 aliphatic rings. The fraction of sp³-hybridized carbons (Fsp3) is 0.667. The first-order valence-corrected chi connectivity index (χ1v) is 10.7. The van der Waals surface area contributed by atoms with Gasteiger partial charge < -0.3 is 9.73 Å². The van der Waals surface area contributed by atoms with Crippen molar-refractivity contribution < 1.29 is 9.21 Å². The molecular formula is C18H28N6O2S. The minimum Gasteiger partial charge on any atom is -0.468 e. The van der Waals surface area contributed by atoms with E-state index in [2.05, 4.69) is 39.6 Å². The fourth-order valence-corrected chi connectivity index (χ4v) is 4.38. The van der Waals surface area contributed by atoms with Gasteiger partial charge in [0.15, 0.2) is 0 Å². The van der Waals surface area contributed by atoms with Crippen molar-refractivity contribution in [3.05, 3.63) is 24.2 Å². The van der Waals surface area contributed by atoms with Gasteiger partial charge in [0.05, 0.1) is 24.1 Å². The monoisotopic (exact) mass is 392 g/mol. The summed E-state index contributed by atoms with van der Waals surface area (Å²) in [6, 6.07) is 4.25. The van der Waals surface area contributed by atoms with Crippen LogP contribution in [0.2, 0.25) is 0 Å². The molecule has 8 nitrogen and oxygen atoms in total. The van der Waals surface area contributed by atoms with Crippen LogP contribution in [0.3, 0.4) is 0 Å². The number of rotatable bonds is 10. The smallest absolute Gasteiger partial charge is 0.230 e. The molecule has 1 amide bonds. The fourth-order valence-electron chi connectivity index (χ4n) is 3.61. The molecule has 27 heavy (non-hydrogen) atoms. The van der Waals surface area contributed by atoms with Gasteiger partial charge in [0.25, 0.3) is 0 Å². The highest BCUT2D eigenvalue weighted by atomic mass is 32.2. The maximum Gasteiger partial charge on any atom is 0.230 e. The van der Waals surface area contributed by atoms with Crippen molar-refractivity contribution in [3.63, 3.8) is 0 Å². The van der Waals surface area contributed by atoms with Crippen LogP contribution in [-0.4, -0.2) is 56.4 Å². The van der Waals surface area contributed by atoms with Gasteiger partial charge in [-0.05, 0) is 48.5 Å². The molecule has 1 N–H and O–H groups in total. The first kappa shape index (κ1) is 19.9. The highest BCUT2D eigenvalue weighted by Crippen LogP contribution is 2.31. The second-order valence-corrected chi connectivity index (χ2v) is 7.63. The minimum atomic E-state index is -0.0234. The SMILES string of the molecule is CCN(CC)C(CNC(=O)CSc1nnnn1C1CCCC1)c1ccco1. The van der Waals surface area contributed by atoms with Gasteiger partial charge in [0, 0.05) is 6.54 Å². The molecule has 2 aromatic rings. The number of thioether (sulfide) groups is 1. The number of carbonyl (C=O) groups excluding carboxylic acids is 1. The predicted molar refractivity (Wildman–Crippen MR) is 103 cm³/mol. The van der Waals surface area contributed by atoms with Gasteiger partial charge in [-0.25, -0.2) is 4.68 Å². The summed E-state index contributed by atoms with van der Waals surface area (Å²) in [5.74, 6) is 1.15. The molecule has 148 valence electrons. The van der Waals surface area contributed by atoms with E-state index in [1.807, 2.05) is 16.8 Å². The molecule has 0 aliphatic heterocycles. The van der Waals surface area contributed by atoms with Crippen LogP contribution in [0, 0.1) is 0 Å². The summed E-state index contributed by atoms with van der Waals surface area (Å²) in [5, 5.41) is 15.7. The van der Waals surface area contributed by atoms with Crippen LogP contribution in [0.25, 0.3) is 0 Å². The van der Waals surface area contributed by atoms with E-state index in [0.29, 0.717) is 18.3 Å². The Hall–Kier alpha value is -1.87. The maximum atomic E-state index is 12.4. The lowest BCUT2D eigenvalue weighted by molar-refractivity contribution is -0.118. The molecule has 1 fully saturated rings. The van der Waals surface area contributed by atoms with Gasteiger partial charge in [-0.3, -0.25) is 9.69 Å². The van der Waals surface area contributed by atoms with Crippen molar-refractivity contribution in [1.82, 2.24) is 30.4 Å². The van der Waals surface area contributed by atoms with Crippen molar-refractivity contribution in [1.29, 1.82) is 0 Å². The zero-order valence-electron chi connectivity index (χ0n) is 16.0. The van der Waals surface area contributed by atoms with Gasteiger partial charge in [-0.15, -0.1) is 5.10 Å². The minimum absolute atomic E-state index is 0.0234. The van der Waals surface area contributed by atoms with Crippen LogP contribution in [0.4, 0.5) is 0 Å². The number of nitrogens with zero attached hydrogens (tertiary/aromatic N) is 5. The summed E-state index contributed by atoms with van der Waals surface area (Å²) in [7, 11) is 0. The number of tetrazole rings is 1.